The van der Waals surface area contributed by atoms with Crippen LogP contribution in [-0.2, 0) is 9.53 Å². The van der Waals surface area contributed by atoms with Gasteiger partial charge in [0.1, 0.15) is 6.10 Å². The quantitative estimate of drug-likeness (QED) is 0.501. The molecule has 0 heterocycles. The molecule has 1 aliphatic rings. The Bertz CT molecular complexity index is 230. The third-order valence-electron chi connectivity index (χ3n) is 2.98. The SMILES string of the molecule is C=C1[C@@H](OC(C)=O)CCC[C@@H]1C(C)C. The first-order chi connectivity index (χ1) is 6.52. The first-order valence-corrected chi connectivity index (χ1v) is 5.38. The van der Waals surface area contributed by atoms with Gasteiger partial charge in [-0.2, -0.15) is 0 Å². The minimum Gasteiger partial charge on any atom is -0.458 e. The van der Waals surface area contributed by atoms with Crippen molar-refractivity contribution in [3.8, 4) is 0 Å². The van der Waals surface area contributed by atoms with Gasteiger partial charge >= 0.3 is 5.97 Å². The van der Waals surface area contributed by atoms with Crippen LogP contribution in [0.1, 0.15) is 40.0 Å². The van der Waals surface area contributed by atoms with Crippen LogP contribution in [-0.4, -0.2) is 12.1 Å². The molecule has 0 spiro atoms. The van der Waals surface area contributed by atoms with E-state index < -0.39 is 0 Å². The van der Waals surface area contributed by atoms with Crippen molar-refractivity contribution in [3.05, 3.63) is 12.2 Å². The average molecular weight is 196 g/mol. The van der Waals surface area contributed by atoms with Gasteiger partial charge in [0.15, 0.2) is 0 Å². The van der Waals surface area contributed by atoms with Gasteiger partial charge in [-0.25, -0.2) is 0 Å². The van der Waals surface area contributed by atoms with E-state index in [0.717, 1.165) is 18.4 Å². The minimum atomic E-state index is -0.194. The fraction of sp³-hybridized carbons (Fsp3) is 0.750. The van der Waals surface area contributed by atoms with Gasteiger partial charge in [0.05, 0.1) is 0 Å². The maximum Gasteiger partial charge on any atom is 0.303 e. The van der Waals surface area contributed by atoms with E-state index in [9.17, 15) is 4.79 Å². The summed E-state index contributed by atoms with van der Waals surface area (Å²) in [5.41, 5.74) is 1.11. The van der Waals surface area contributed by atoms with Crippen LogP contribution in [0.15, 0.2) is 12.2 Å². The first kappa shape index (κ1) is 11.3. The summed E-state index contributed by atoms with van der Waals surface area (Å²) in [6.07, 6.45) is 3.24. The molecule has 14 heavy (non-hydrogen) atoms. The molecule has 0 aromatic carbocycles. The highest BCUT2D eigenvalue weighted by Crippen LogP contribution is 2.35. The smallest absolute Gasteiger partial charge is 0.303 e. The molecular formula is C12H20O2. The average Bonchev–Trinajstić information content (AvgIpc) is 2.07. The summed E-state index contributed by atoms with van der Waals surface area (Å²) in [5, 5.41) is 0. The molecule has 80 valence electrons. The van der Waals surface area contributed by atoms with Crippen molar-refractivity contribution in [2.75, 3.05) is 0 Å². The lowest BCUT2D eigenvalue weighted by molar-refractivity contribution is -0.145. The standard InChI is InChI=1S/C12H20O2/c1-8(2)11-6-5-7-12(9(11)3)14-10(4)13/h8,11-12H,3,5-7H2,1-2,4H3/t11-,12+/m1/s1. The number of rotatable bonds is 2. The zero-order valence-corrected chi connectivity index (χ0v) is 9.38. The molecule has 0 amide bonds. The monoisotopic (exact) mass is 196 g/mol. The Hall–Kier alpha value is -0.790. The van der Waals surface area contributed by atoms with Crippen LogP contribution < -0.4 is 0 Å². The van der Waals surface area contributed by atoms with Crippen molar-refractivity contribution in [2.45, 2.75) is 46.1 Å². The Morgan fingerprint density at radius 1 is 1.50 bits per heavy atom. The van der Waals surface area contributed by atoms with Crippen LogP contribution in [0, 0.1) is 11.8 Å². The van der Waals surface area contributed by atoms with E-state index in [1.165, 1.54) is 13.3 Å². The Balaban J connectivity index is 2.61. The topological polar surface area (TPSA) is 26.3 Å². The largest absolute Gasteiger partial charge is 0.458 e. The summed E-state index contributed by atoms with van der Waals surface area (Å²) in [6.45, 7) is 9.94. The van der Waals surface area contributed by atoms with E-state index in [4.69, 9.17) is 4.74 Å². The predicted octanol–water partition coefficient (Wildman–Crippen LogP) is 2.93. The number of ether oxygens (including phenoxy) is 1. The maximum atomic E-state index is 10.9. The molecule has 1 aliphatic carbocycles. The number of carbonyl (C=O) groups excluding carboxylic acids is 1. The highest BCUT2D eigenvalue weighted by atomic mass is 16.5. The molecule has 0 unspecified atom stereocenters. The molecule has 0 aliphatic heterocycles. The Labute approximate surface area is 86.3 Å². The maximum absolute atomic E-state index is 10.9. The van der Waals surface area contributed by atoms with Crippen LogP contribution in [0.5, 0.6) is 0 Å². The first-order valence-electron chi connectivity index (χ1n) is 5.38. The summed E-state index contributed by atoms with van der Waals surface area (Å²) in [6, 6.07) is 0. The van der Waals surface area contributed by atoms with E-state index in [2.05, 4.69) is 20.4 Å². The van der Waals surface area contributed by atoms with Gasteiger partial charge in [-0.05, 0) is 36.7 Å². The van der Waals surface area contributed by atoms with E-state index in [-0.39, 0.29) is 12.1 Å². The molecule has 2 nitrogen and oxygen atoms in total. The number of hydrogen-bond acceptors (Lipinski definition) is 2. The molecule has 0 aromatic heterocycles. The van der Waals surface area contributed by atoms with Crippen molar-refractivity contribution < 1.29 is 9.53 Å². The lowest BCUT2D eigenvalue weighted by atomic mass is 9.77. The van der Waals surface area contributed by atoms with Crippen LogP contribution >= 0.6 is 0 Å². The zero-order valence-electron chi connectivity index (χ0n) is 9.38. The molecule has 0 bridgehead atoms. The Morgan fingerprint density at radius 3 is 2.64 bits per heavy atom. The van der Waals surface area contributed by atoms with Crippen LogP contribution in [0.25, 0.3) is 0 Å². The van der Waals surface area contributed by atoms with Crippen molar-refractivity contribution in [3.63, 3.8) is 0 Å². The molecule has 1 fully saturated rings. The molecule has 0 saturated heterocycles. The van der Waals surface area contributed by atoms with Crippen LogP contribution in [0.3, 0.4) is 0 Å². The summed E-state index contributed by atoms with van der Waals surface area (Å²) in [7, 11) is 0. The summed E-state index contributed by atoms with van der Waals surface area (Å²) in [4.78, 5) is 10.9. The van der Waals surface area contributed by atoms with Gasteiger partial charge in [-0.1, -0.05) is 20.4 Å². The van der Waals surface area contributed by atoms with Crippen molar-refractivity contribution >= 4 is 5.97 Å². The molecule has 1 rings (SSSR count). The normalized spacial score (nSPS) is 27.9. The molecule has 0 radical (unpaired) electrons. The predicted molar refractivity (Wildman–Crippen MR) is 56.9 cm³/mol. The van der Waals surface area contributed by atoms with Gasteiger partial charge in [0.2, 0.25) is 0 Å². The molecular weight excluding hydrogens is 176 g/mol. The van der Waals surface area contributed by atoms with Gasteiger partial charge in [-0.15, -0.1) is 0 Å². The molecule has 2 heteroatoms. The second-order valence-electron chi connectivity index (χ2n) is 4.45. The number of hydrogen-bond donors (Lipinski definition) is 0. The Kier molecular flexibility index (Phi) is 3.73. The highest BCUT2D eigenvalue weighted by molar-refractivity contribution is 5.66. The third kappa shape index (κ3) is 2.60. The molecule has 0 N–H and O–H groups in total. The summed E-state index contributed by atoms with van der Waals surface area (Å²) >= 11 is 0. The summed E-state index contributed by atoms with van der Waals surface area (Å²) < 4.78 is 5.25. The molecule has 2 atom stereocenters. The van der Waals surface area contributed by atoms with Crippen molar-refractivity contribution in [1.82, 2.24) is 0 Å². The van der Waals surface area contributed by atoms with Crippen molar-refractivity contribution in [2.24, 2.45) is 11.8 Å². The van der Waals surface area contributed by atoms with Gasteiger partial charge in [0.25, 0.3) is 0 Å². The second-order valence-corrected chi connectivity index (χ2v) is 4.45. The fourth-order valence-electron chi connectivity index (χ4n) is 2.23. The Morgan fingerprint density at radius 2 is 2.14 bits per heavy atom. The minimum absolute atomic E-state index is 0.0337. The van der Waals surface area contributed by atoms with E-state index in [0.29, 0.717) is 11.8 Å². The number of carbonyl (C=O) groups is 1. The summed E-state index contributed by atoms with van der Waals surface area (Å²) in [5.74, 6) is 0.925. The van der Waals surface area contributed by atoms with E-state index in [1.54, 1.807) is 0 Å². The molecule has 1 saturated carbocycles. The van der Waals surface area contributed by atoms with Gasteiger partial charge in [0, 0.05) is 6.92 Å². The lowest BCUT2D eigenvalue weighted by Gasteiger charge is -2.33. The van der Waals surface area contributed by atoms with Gasteiger partial charge in [-0.3, -0.25) is 4.79 Å². The van der Waals surface area contributed by atoms with Crippen LogP contribution in [0.4, 0.5) is 0 Å². The lowest BCUT2D eigenvalue weighted by Crippen LogP contribution is -2.29. The van der Waals surface area contributed by atoms with Crippen molar-refractivity contribution in [1.29, 1.82) is 0 Å². The highest BCUT2D eigenvalue weighted by Gasteiger charge is 2.29. The zero-order chi connectivity index (χ0) is 10.7. The second kappa shape index (κ2) is 4.63. The third-order valence-corrected chi connectivity index (χ3v) is 2.98. The van der Waals surface area contributed by atoms with E-state index in [1.807, 2.05) is 0 Å². The van der Waals surface area contributed by atoms with Crippen LogP contribution in [0.2, 0.25) is 0 Å². The molecule has 0 aromatic rings. The number of esters is 1. The fourth-order valence-corrected chi connectivity index (χ4v) is 2.23. The van der Waals surface area contributed by atoms with Gasteiger partial charge < -0.3 is 4.74 Å². The van der Waals surface area contributed by atoms with E-state index >= 15 is 0 Å².